The molecule has 0 aromatic heterocycles. The molecule has 0 spiro atoms. The number of rotatable bonds is 1. The average molecular weight is 259 g/mol. The minimum atomic E-state index is -0.279. The Balaban J connectivity index is 1.87. The van der Waals surface area contributed by atoms with Gasteiger partial charge in [-0.2, -0.15) is 0 Å². The first kappa shape index (κ1) is 12.4. The van der Waals surface area contributed by atoms with Gasteiger partial charge in [-0.25, -0.2) is 0 Å². The van der Waals surface area contributed by atoms with E-state index in [-0.39, 0.29) is 24.0 Å². The number of hydrogen-bond donors (Lipinski definition) is 1. The second-order valence-corrected chi connectivity index (χ2v) is 5.37. The van der Waals surface area contributed by atoms with Crippen molar-refractivity contribution < 1.29 is 14.7 Å². The van der Waals surface area contributed by atoms with E-state index in [0.717, 1.165) is 5.56 Å². The standard InChI is InChI=1S/C15H17NO3/c17-12-7-5-11(6-8-12)16-14(18)9-10-3-1-2-4-13(10)15(16)19/h1-4,11-12,17H,5-9H2. The van der Waals surface area contributed by atoms with Gasteiger partial charge in [-0.05, 0) is 37.3 Å². The molecule has 2 amide bonds. The number of carbonyl (C=O) groups is 2. The van der Waals surface area contributed by atoms with Gasteiger partial charge in [0.15, 0.2) is 0 Å². The summed E-state index contributed by atoms with van der Waals surface area (Å²) in [7, 11) is 0. The fourth-order valence-electron chi connectivity index (χ4n) is 3.06. The van der Waals surface area contributed by atoms with E-state index in [9.17, 15) is 14.7 Å². The number of amides is 2. The van der Waals surface area contributed by atoms with E-state index in [1.54, 1.807) is 6.07 Å². The van der Waals surface area contributed by atoms with Crippen molar-refractivity contribution in [2.24, 2.45) is 0 Å². The van der Waals surface area contributed by atoms with Crippen molar-refractivity contribution in [2.75, 3.05) is 0 Å². The molecule has 4 heteroatoms. The molecule has 4 nitrogen and oxygen atoms in total. The number of carbonyl (C=O) groups excluding carboxylic acids is 2. The van der Waals surface area contributed by atoms with Crippen molar-refractivity contribution in [3.05, 3.63) is 35.4 Å². The van der Waals surface area contributed by atoms with Gasteiger partial charge in [0.1, 0.15) is 0 Å². The van der Waals surface area contributed by atoms with E-state index in [2.05, 4.69) is 0 Å². The van der Waals surface area contributed by atoms with Gasteiger partial charge >= 0.3 is 0 Å². The minimum Gasteiger partial charge on any atom is -0.393 e. The fraction of sp³-hybridized carbons (Fsp3) is 0.467. The smallest absolute Gasteiger partial charge is 0.261 e. The van der Waals surface area contributed by atoms with Crippen LogP contribution in [0.25, 0.3) is 0 Å². The molecule has 1 heterocycles. The van der Waals surface area contributed by atoms with Crippen LogP contribution in [0.4, 0.5) is 0 Å². The van der Waals surface area contributed by atoms with Crippen molar-refractivity contribution in [1.29, 1.82) is 0 Å². The predicted molar refractivity (Wildman–Crippen MR) is 69.6 cm³/mol. The first-order valence-corrected chi connectivity index (χ1v) is 6.79. The third kappa shape index (κ3) is 2.16. The van der Waals surface area contributed by atoms with Gasteiger partial charge in [0.05, 0.1) is 12.5 Å². The van der Waals surface area contributed by atoms with Crippen molar-refractivity contribution in [3.63, 3.8) is 0 Å². The third-order valence-electron chi connectivity index (χ3n) is 4.11. The maximum Gasteiger partial charge on any atom is 0.261 e. The summed E-state index contributed by atoms with van der Waals surface area (Å²) in [6.45, 7) is 0. The van der Waals surface area contributed by atoms with Crippen molar-refractivity contribution >= 4 is 11.8 Å². The maximum atomic E-state index is 12.5. The van der Waals surface area contributed by atoms with Gasteiger partial charge in [-0.3, -0.25) is 14.5 Å². The zero-order chi connectivity index (χ0) is 13.4. The van der Waals surface area contributed by atoms with Crippen LogP contribution in [-0.4, -0.2) is 34.0 Å². The third-order valence-corrected chi connectivity index (χ3v) is 4.11. The molecule has 0 bridgehead atoms. The molecule has 100 valence electrons. The van der Waals surface area contributed by atoms with E-state index in [1.807, 2.05) is 18.2 Å². The number of nitrogens with zero attached hydrogens (tertiary/aromatic N) is 1. The maximum absolute atomic E-state index is 12.5. The summed E-state index contributed by atoms with van der Waals surface area (Å²) in [5.74, 6) is -0.279. The number of fused-ring (bicyclic) bond motifs is 1. The molecule has 0 unspecified atom stereocenters. The van der Waals surface area contributed by atoms with E-state index in [4.69, 9.17) is 0 Å². The molecule has 1 aliphatic carbocycles. The quantitative estimate of drug-likeness (QED) is 0.778. The van der Waals surface area contributed by atoms with Gasteiger partial charge in [0, 0.05) is 11.6 Å². The van der Waals surface area contributed by atoms with Gasteiger partial charge in [-0.15, -0.1) is 0 Å². The molecule has 2 aliphatic rings. The molecule has 1 aromatic rings. The molecule has 1 fully saturated rings. The molecule has 1 aliphatic heterocycles. The Hall–Kier alpha value is -1.68. The SMILES string of the molecule is O=C1Cc2ccccc2C(=O)N1C1CCC(O)CC1. The largest absolute Gasteiger partial charge is 0.393 e. The summed E-state index contributed by atoms with van der Waals surface area (Å²) in [6, 6.07) is 7.26. The number of hydrogen-bond acceptors (Lipinski definition) is 3. The second-order valence-electron chi connectivity index (χ2n) is 5.37. The molecule has 1 saturated carbocycles. The first-order valence-electron chi connectivity index (χ1n) is 6.79. The van der Waals surface area contributed by atoms with Crippen LogP contribution in [0.3, 0.4) is 0 Å². The summed E-state index contributed by atoms with van der Waals surface area (Å²) in [5.41, 5.74) is 1.47. The Morgan fingerprint density at radius 2 is 1.74 bits per heavy atom. The van der Waals surface area contributed by atoms with E-state index < -0.39 is 0 Å². The lowest BCUT2D eigenvalue weighted by Gasteiger charge is -2.36. The second kappa shape index (κ2) is 4.78. The molecule has 19 heavy (non-hydrogen) atoms. The van der Waals surface area contributed by atoms with Gasteiger partial charge in [0.25, 0.3) is 5.91 Å². The van der Waals surface area contributed by atoms with Gasteiger partial charge < -0.3 is 5.11 Å². The van der Waals surface area contributed by atoms with Crippen molar-refractivity contribution in [2.45, 2.75) is 44.2 Å². The van der Waals surface area contributed by atoms with E-state index in [0.29, 0.717) is 37.7 Å². The molecule has 1 N–H and O–H groups in total. The van der Waals surface area contributed by atoms with Crippen LogP contribution in [-0.2, 0) is 11.2 Å². The van der Waals surface area contributed by atoms with Crippen LogP contribution >= 0.6 is 0 Å². The monoisotopic (exact) mass is 259 g/mol. The molecule has 0 radical (unpaired) electrons. The van der Waals surface area contributed by atoms with Crippen molar-refractivity contribution in [1.82, 2.24) is 4.90 Å². The highest BCUT2D eigenvalue weighted by Gasteiger charge is 2.37. The highest BCUT2D eigenvalue weighted by Crippen LogP contribution is 2.28. The van der Waals surface area contributed by atoms with E-state index in [1.165, 1.54) is 4.90 Å². The normalized spacial score (nSPS) is 27.3. The summed E-state index contributed by atoms with van der Waals surface area (Å²) < 4.78 is 0. The number of aliphatic hydroxyl groups excluding tert-OH is 1. The molecule has 3 rings (SSSR count). The van der Waals surface area contributed by atoms with Gasteiger partial charge in [-0.1, -0.05) is 18.2 Å². The molecular weight excluding hydrogens is 242 g/mol. The fourth-order valence-corrected chi connectivity index (χ4v) is 3.06. The minimum absolute atomic E-state index is 0.0447. The Morgan fingerprint density at radius 1 is 1.05 bits per heavy atom. The van der Waals surface area contributed by atoms with Crippen LogP contribution in [0, 0.1) is 0 Å². The van der Waals surface area contributed by atoms with Crippen LogP contribution in [0.1, 0.15) is 41.6 Å². The number of aliphatic hydroxyl groups is 1. The predicted octanol–water partition coefficient (Wildman–Crippen LogP) is 1.51. The topological polar surface area (TPSA) is 57.6 Å². The molecule has 0 atom stereocenters. The Bertz CT molecular complexity index is 518. The summed E-state index contributed by atoms with van der Waals surface area (Å²) in [5, 5.41) is 9.53. The molecule has 1 aromatic carbocycles. The molecular formula is C15H17NO3. The van der Waals surface area contributed by atoms with Crippen LogP contribution in [0.5, 0.6) is 0 Å². The van der Waals surface area contributed by atoms with Crippen molar-refractivity contribution in [3.8, 4) is 0 Å². The first-order chi connectivity index (χ1) is 9.16. The summed E-state index contributed by atoms with van der Waals surface area (Å²) >= 11 is 0. The van der Waals surface area contributed by atoms with Crippen LogP contribution in [0.15, 0.2) is 24.3 Å². The average Bonchev–Trinajstić information content (AvgIpc) is 2.41. The lowest BCUT2D eigenvalue weighted by Crippen LogP contribution is -2.50. The zero-order valence-electron chi connectivity index (χ0n) is 10.7. The molecule has 0 saturated heterocycles. The summed E-state index contributed by atoms with van der Waals surface area (Å²) in [4.78, 5) is 26.1. The van der Waals surface area contributed by atoms with Crippen LogP contribution < -0.4 is 0 Å². The van der Waals surface area contributed by atoms with Crippen LogP contribution in [0.2, 0.25) is 0 Å². The number of imide groups is 1. The highest BCUT2D eigenvalue weighted by molar-refractivity contribution is 6.09. The Morgan fingerprint density at radius 3 is 2.47 bits per heavy atom. The lowest BCUT2D eigenvalue weighted by atomic mass is 9.89. The highest BCUT2D eigenvalue weighted by atomic mass is 16.3. The Labute approximate surface area is 112 Å². The summed E-state index contributed by atoms with van der Waals surface area (Å²) in [6.07, 6.45) is 2.79. The zero-order valence-corrected chi connectivity index (χ0v) is 10.7. The van der Waals surface area contributed by atoms with E-state index >= 15 is 0 Å². The van der Waals surface area contributed by atoms with Gasteiger partial charge in [0.2, 0.25) is 5.91 Å². The Kier molecular flexibility index (Phi) is 3.11. The number of benzene rings is 1. The lowest BCUT2D eigenvalue weighted by molar-refractivity contribution is -0.131.